The fraction of sp³-hybridized carbons (Fsp3) is 0.379. The summed E-state index contributed by atoms with van der Waals surface area (Å²) in [4.78, 5) is 19.2. The number of aromatic nitrogens is 1. The normalized spacial score (nSPS) is 19.0. The van der Waals surface area contributed by atoms with E-state index in [2.05, 4.69) is 4.98 Å². The molecule has 1 aromatic heterocycles. The lowest BCUT2D eigenvalue weighted by Gasteiger charge is -2.45. The number of amides is 1. The van der Waals surface area contributed by atoms with E-state index in [1.165, 1.54) is 0 Å². The fourth-order valence-corrected chi connectivity index (χ4v) is 4.81. The molecule has 6 nitrogen and oxygen atoms in total. The third-order valence-electron chi connectivity index (χ3n) is 6.55. The van der Waals surface area contributed by atoms with Crippen LogP contribution in [0.15, 0.2) is 72.9 Å². The Kier molecular flexibility index (Phi) is 7.59. The van der Waals surface area contributed by atoms with E-state index in [0.717, 1.165) is 22.3 Å². The van der Waals surface area contributed by atoms with Crippen LogP contribution in [-0.2, 0) is 10.3 Å². The van der Waals surface area contributed by atoms with Gasteiger partial charge in [-0.05, 0) is 43.5 Å². The lowest BCUT2D eigenvalue weighted by atomic mass is 9.80. The van der Waals surface area contributed by atoms with Gasteiger partial charge in [0.15, 0.2) is 0 Å². The number of hydrogen-bond acceptors (Lipinski definition) is 5. The summed E-state index contributed by atoms with van der Waals surface area (Å²) < 4.78 is 23.6. The van der Waals surface area contributed by atoms with Crippen molar-refractivity contribution in [3.63, 3.8) is 0 Å². The monoisotopic (exact) mass is 492 g/mol. The van der Waals surface area contributed by atoms with Crippen LogP contribution in [0.5, 0.6) is 5.88 Å². The highest BCUT2D eigenvalue weighted by Gasteiger charge is 2.46. The molecule has 36 heavy (non-hydrogen) atoms. The minimum atomic E-state index is -0.994. The first-order chi connectivity index (χ1) is 17.2. The highest BCUT2D eigenvalue weighted by molar-refractivity contribution is 5.70. The van der Waals surface area contributed by atoms with Gasteiger partial charge in [-0.2, -0.15) is 0 Å². The second kappa shape index (κ2) is 10.7. The van der Waals surface area contributed by atoms with Crippen molar-refractivity contribution in [3.8, 4) is 17.0 Å². The Morgan fingerprint density at radius 3 is 2.39 bits per heavy atom. The summed E-state index contributed by atoms with van der Waals surface area (Å²) in [6.45, 7) is 5.41. The third kappa shape index (κ3) is 5.85. The minimum absolute atomic E-state index is 0.0118. The van der Waals surface area contributed by atoms with Gasteiger partial charge < -0.3 is 19.5 Å². The lowest BCUT2D eigenvalue weighted by Crippen LogP contribution is -2.51. The molecular formula is C29H33FN2O4. The number of rotatable bonds is 9. The molecule has 3 aromatic rings. The van der Waals surface area contributed by atoms with Crippen molar-refractivity contribution < 1.29 is 23.8 Å². The zero-order chi connectivity index (χ0) is 25.8. The smallest absolute Gasteiger partial charge is 0.411 e. The van der Waals surface area contributed by atoms with E-state index in [4.69, 9.17) is 9.47 Å². The average Bonchev–Trinajstić information content (AvgIpc) is 2.87. The molecule has 4 rings (SSSR count). The highest BCUT2D eigenvalue weighted by Crippen LogP contribution is 2.42. The number of hydrogen-bond donors (Lipinski definition) is 1. The molecule has 2 atom stereocenters. The summed E-state index contributed by atoms with van der Waals surface area (Å²) in [5.74, 6) is 0.390. The predicted molar refractivity (Wildman–Crippen MR) is 136 cm³/mol. The Labute approximate surface area is 211 Å². The van der Waals surface area contributed by atoms with Crippen LogP contribution in [0.1, 0.15) is 50.8 Å². The largest absolute Gasteiger partial charge is 0.475 e. The number of ether oxygens (including phenoxy) is 2. The standard InChI is InChI=1S/C29H33FN2O4/c1-21(22-9-11-23(12-10-22)24-13-14-26(31-19-24)35-18-16-30)32-17-15-29(36-27(32)33,20-28(2,3)34)25-7-5-4-6-8-25/h4-14,19,21,34H,15-18,20H2,1-3H3/t21-,29?/m0/s1. The van der Waals surface area contributed by atoms with Gasteiger partial charge in [0.1, 0.15) is 18.9 Å². The Morgan fingerprint density at radius 1 is 1.11 bits per heavy atom. The van der Waals surface area contributed by atoms with Gasteiger partial charge in [0.2, 0.25) is 5.88 Å². The van der Waals surface area contributed by atoms with Crippen LogP contribution >= 0.6 is 0 Å². The third-order valence-corrected chi connectivity index (χ3v) is 6.55. The molecule has 1 N–H and O–H groups in total. The molecule has 0 radical (unpaired) electrons. The lowest BCUT2D eigenvalue weighted by molar-refractivity contribution is -0.101. The van der Waals surface area contributed by atoms with Gasteiger partial charge in [0.25, 0.3) is 0 Å². The molecule has 0 bridgehead atoms. The van der Waals surface area contributed by atoms with E-state index in [0.29, 0.717) is 25.3 Å². The Hall–Kier alpha value is -3.45. The van der Waals surface area contributed by atoms with Crippen molar-refractivity contribution in [2.45, 2.75) is 50.9 Å². The molecule has 1 aliphatic heterocycles. The van der Waals surface area contributed by atoms with E-state index >= 15 is 0 Å². The van der Waals surface area contributed by atoms with E-state index < -0.39 is 17.9 Å². The van der Waals surface area contributed by atoms with Crippen LogP contribution in [0, 0.1) is 0 Å². The van der Waals surface area contributed by atoms with Gasteiger partial charge >= 0.3 is 6.09 Å². The number of alkyl halides is 1. The second-order valence-electron chi connectivity index (χ2n) is 9.88. The molecule has 2 heterocycles. The van der Waals surface area contributed by atoms with Crippen LogP contribution in [0.2, 0.25) is 0 Å². The second-order valence-corrected chi connectivity index (χ2v) is 9.88. The maximum atomic E-state index is 13.3. The molecule has 0 spiro atoms. The number of benzene rings is 2. The van der Waals surface area contributed by atoms with Gasteiger partial charge in [0.05, 0.1) is 11.6 Å². The minimum Gasteiger partial charge on any atom is -0.475 e. The van der Waals surface area contributed by atoms with Gasteiger partial charge in [-0.15, -0.1) is 0 Å². The van der Waals surface area contributed by atoms with Crippen molar-refractivity contribution in [2.75, 3.05) is 19.8 Å². The number of cyclic esters (lactones) is 1. The zero-order valence-corrected chi connectivity index (χ0v) is 21.0. The Morgan fingerprint density at radius 2 is 1.81 bits per heavy atom. The van der Waals surface area contributed by atoms with Crippen molar-refractivity contribution in [2.24, 2.45) is 0 Å². The van der Waals surface area contributed by atoms with Gasteiger partial charge in [-0.3, -0.25) is 0 Å². The van der Waals surface area contributed by atoms with Gasteiger partial charge in [-0.1, -0.05) is 54.6 Å². The van der Waals surface area contributed by atoms with E-state index in [1.54, 1.807) is 31.0 Å². The number of halogens is 1. The quantitative estimate of drug-likeness (QED) is 0.393. The number of carbonyl (C=O) groups is 1. The van der Waals surface area contributed by atoms with Crippen LogP contribution in [-0.4, -0.2) is 46.5 Å². The topological polar surface area (TPSA) is 71.9 Å². The van der Waals surface area contributed by atoms with Crippen LogP contribution in [0.4, 0.5) is 9.18 Å². The van der Waals surface area contributed by atoms with Crippen LogP contribution in [0.3, 0.4) is 0 Å². The van der Waals surface area contributed by atoms with E-state index in [9.17, 15) is 14.3 Å². The first-order valence-corrected chi connectivity index (χ1v) is 12.2. The predicted octanol–water partition coefficient (Wildman–Crippen LogP) is 6.06. The summed E-state index contributed by atoms with van der Waals surface area (Å²) in [5.41, 5.74) is 1.91. The number of aliphatic hydroxyl groups is 1. The van der Waals surface area contributed by atoms with Crippen LogP contribution < -0.4 is 4.74 Å². The highest BCUT2D eigenvalue weighted by atomic mass is 19.1. The van der Waals surface area contributed by atoms with Crippen molar-refractivity contribution in [3.05, 3.63) is 84.1 Å². The average molecular weight is 493 g/mol. The summed E-state index contributed by atoms with van der Waals surface area (Å²) in [6, 6.07) is 21.1. The molecular weight excluding hydrogens is 459 g/mol. The van der Waals surface area contributed by atoms with Crippen molar-refractivity contribution in [1.29, 1.82) is 0 Å². The van der Waals surface area contributed by atoms with Crippen molar-refractivity contribution >= 4 is 6.09 Å². The number of pyridine rings is 1. The first kappa shape index (κ1) is 25.6. The molecule has 7 heteroatoms. The summed E-state index contributed by atoms with van der Waals surface area (Å²) >= 11 is 0. The van der Waals surface area contributed by atoms with E-state index in [-0.39, 0.29) is 18.7 Å². The van der Waals surface area contributed by atoms with Crippen LogP contribution in [0.25, 0.3) is 11.1 Å². The molecule has 0 saturated carbocycles. The molecule has 1 aliphatic rings. The Bertz CT molecular complexity index is 1150. The Balaban J connectivity index is 1.47. The molecule has 1 saturated heterocycles. The number of nitrogens with zero attached hydrogens (tertiary/aromatic N) is 2. The summed E-state index contributed by atoms with van der Waals surface area (Å²) in [6.07, 6.45) is 2.20. The van der Waals surface area contributed by atoms with Gasteiger partial charge in [0, 0.05) is 37.2 Å². The molecule has 1 unspecified atom stereocenters. The van der Waals surface area contributed by atoms with Crippen molar-refractivity contribution in [1.82, 2.24) is 9.88 Å². The molecule has 1 amide bonds. The summed E-state index contributed by atoms with van der Waals surface area (Å²) in [5, 5.41) is 10.6. The number of carbonyl (C=O) groups excluding carboxylic acids is 1. The maximum absolute atomic E-state index is 13.3. The molecule has 190 valence electrons. The SMILES string of the molecule is C[C@@H](c1ccc(-c2ccc(OCCF)nc2)cc1)N1CCC(CC(C)(C)O)(c2ccccc2)OC1=O. The van der Waals surface area contributed by atoms with E-state index in [1.807, 2.05) is 67.6 Å². The van der Waals surface area contributed by atoms with Gasteiger partial charge in [-0.25, -0.2) is 14.2 Å². The molecule has 1 fully saturated rings. The molecule has 0 aliphatic carbocycles. The zero-order valence-electron chi connectivity index (χ0n) is 21.0. The maximum Gasteiger partial charge on any atom is 0.411 e. The fourth-order valence-electron chi connectivity index (χ4n) is 4.81. The first-order valence-electron chi connectivity index (χ1n) is 12.2. The summed E-state index contributed by atoms with van der Waals surface area (Å²) in [7, 11) is 0. The molecule has 2 aromatic carbocycles.